The lowest BCUT2D eigenvalue weighted by Gasteiger charge is -2.21. The topological polar surface area (TPSA) is 121 Å². The number of para-hydroxylation sites is 1. The highest BCUT2D eigenvalue weighted by Crippen LogP contribution is 2.16. The van der Waals surface area contributed by atoms with Crippen LogP contribution in [0.4, 0.5) is 10.6 Å². The minimum atomic E-state index is -0.573. The maximum absolute atomic E-state index is 11.2. The van der Waals surface area contributed by atoms with Gasteiger partial charge < -0.3 is 24.8 Å². The summed E-state index contributed by atoms with van der Waals surface area (Å²) in [5.74, 6) is 1.23. The summed E-state index contributed by atoms with van der Waals surface area (Å²) in [5, 5.41) is 21.6. The molecule has 176 valence electrons. The Kier molecular flexibility index (Phi) is 11.2. The molecule has 0 radical (unpaired) electrons. The molecule has 1 atom stereocenters. The van der Waals surface area contributed by atoms with E-state index in [1.807, 2.05) is 44.3 Å². The summed E-state index contributed by atoms with van der Waals surface area (Å²) in [4.78, 5) is 13.3. The first kappa shape index (κ1) is 25.3. The number of amides is 1. The number of carbonyl (C=O) groups excluding carboxylic acids is 1. The van der Waals surface area contributed by atoms with Gasteiger partial charge >= 0.3 is 6.09 Å². The number of hydrogen-bond donors (Lipinski definition) is 4. The van der Waals surface area contributed by atoms with Crippen molar-refractivity contribution in [3.63, 3.8) is 0 Å². The maximum atomic E-state index is 11.2. The Labute approximate surface area is 189 Å². The molecule has 10 heteroatoms. The minimum absolute atomic E-state index is 0.270. The van der Waals surface area contributed by atoms with E-state index in [1.165, 1.54) is 0 Å². The zero-order valence-corrected chi connectivity index (χ0v) is 19.0. The fourth-order valence-electron chi connectivity index (χ4n) is 2.90. The van der Waals surface area contributed by atoms with E-state index in [2.05, 4.69) is 31.3 Å². The number of aliphatic hydroxyl groups is 1. The predicted molar refractivity (Wildman–Crippen MR) is 122 cm³/mol. The molecule has 0 aliphatic carbocycles. The van der Waals surface area contributed by atoms with E-state index in [9.17, 15) is 9.90 Å². The Morgan fingerprint density at radius 1 is 1.22 bits per heavy atom. The molecule has 0 spiro atoms. The maximum Gasteiger partial charge on any atom is 0.425 e. The second-order valence-corrected chi connectivity index (χ2v) is 7.40. The van der Waals surface area contributed by atoms with Crippen LogP contribution in [-0.4, -0.2) is 72.3 Å². The Morgan fingerprint density at radius 2 is 2.03 bits per heavy atom. The summed E-state index contributed by atoms with van der Waals surface area (Å²) >= 11 is 0. The van der Waals surface area contributed by atoms with E-state index in [4.69, 9.17) is 9.47 Å². The van der Waals surface area contributed by atoms with E-state index < -0.39 is 12.2 Å². The van der Waals surface area contributed by atoms with Gasteiger partial charge in [0.25, 0.3) is 0 Å². The standard InChI is InChI=1S/C22H34N6O4/c1-4-31-22(30)27-26-21-11-10-18(24-25-21)14-23-12-7-13-28(3)15-19(29)16-32-20-9-6-5-8-17(20)2/h5-6,8-11,19,23,29H,4,7,12-16H2,1-3H3,(H,25,26)(H,27,30). The molecule has 1 aromatic carbocycles. The van der Waals surface area contributed by atoms with Crippen molar-refractivity contribution in [2.24, 2.45) is 0 Å². The highest BCUT2D eigenvalue weighted by Gasteiger charge is 2.10. The molecule has 1 unspecified atom stereocenters. The molecule has 0 bridgehead atoms. The van der Waals surface area contributed by atoms with Gasteiger partial charge in [-0.05, 0) is 64.2 Å². The lowest BCUT2D eigenvalue weighted by Crippen LogP contribution is -2.34. The molecule has 0 saturated heterocycles. The van der Waals surface area contributed by atoms with Crippen molar-refractivity contribution in [1.82, 2.24) is 25.8 Å². The fourth-order valence-corrected chi connectivity index (χ4v) is 2.90. The Morgan fingerprint density at radius 3 is 2.75 bits per heavy atom. The van der Waals surface area contributed by atoms with Crippen LogP contribution < -0.4 is 20.9 Å². The number of hydrazine groups is 1. The third-order valence-corrected chi connectivity index (χ3v) is 4.53. The molecular formula is C22H34N6O4. The number of nitrogens with zero attached hydrogens (tertiary/aromatic N) is 3. The number of aryl methyl sites for hydroxylation is 1. The first-order chi connectivity index (χ1) is 15.5. The SMILES string of the molecule is CCOC(=O)NNc1ccc(CNCCCN(C)CC(O)COc2ccccc2C)nn1. The van der Waals surface area contributed by atoms with Crippen LogP contribution in [0.3, 0.4) is 0 Å². The van der Waals surface area contributed by atoms with Crippen LogP contribution in [0.1, 0.15) is 24.6 Å². The first-order valence-corrected chi connectivity index (χ1v) is 10.7. The summed E-state index contributed by atoms with van der Waals surface area (Å²) in [6.07, 6.45) is -0.192. The van der Waals surface area contributed by atoms with E-state index in [0.717, 1.165) is 36.5 Å². The van der Waals surface area contributed by atoms with E-state index in [1.54, 1.807) is 13.0 Å². The minimum Gasteiger partial charge on any atom is -0.491 e. The van der Waals surface area contributed by atoms with Gasteiger partial charge in [0, 0.05) is 13.1 Å². The molecule has 1 heterocycles. The second kappa shape index (κ2) is 14.2. The number of aromatic nitrogens is 2. The van der Waals surface area contributed by atoms with E-state index in [-0.39, 0.29) is 6.61 Å². The van der Waals surface area contributed by atoms with Crippen molar-refractivity contribution in [2.75, 3.05) is 45.3 Å². The smallest absolute Gasteiger partial charge is 0.425 e. The van der Waals surface area contributed by atoms with E-state index in [0.29, 0.717) is 25.5 Å². The van der Waals surface area contributed by atoms with Gasteiger partial charge in [-0.3, -0.25) is 5.43 Å². The number of likely N-dealkylation sites (N-methyl/N-ethyl adjacent to an activating group) is 1. The van der Waals surface area contributed by atoms with Gasteiger partial charge in [-0.15, -0.1) is 5.10 Å². The van der Waals surface area contributed by atoms with Crippen molar-refractivity contribution in [3.8, 4) is 5.75 Å². The van der Waals surface area contributed by atoms with Gasteiger partial charge in [0.2, 0.25) is 0 Å². The van der Waals surface area contributed by atoms with Crippen LogP contribution in [0, 0.1) is 6.92 Å². The largest absolute Gasteiger partial charge is 0.491 e. The lowest BCUT2D eigenvalue weighted by atomic mass is 10.2. The summed E-state index contributed by atoms with van der Waals surface area (Å²) in [6, 6.07) is 11.3. The Balaban J connectivity index is 1.55. The number of ether oxygens (including phenoxy) is 2. The third kappa shape index (κ3) is 9.90. The first-order valence-electron chi connectivity index (χ1n) is 10.7. The van der Waals surface area contributed by atoms with Crippen molar-refractivity contribution >= 4 is 11.9 Å². The third-order valence-electron chi connectivity index (χ3n) is 4.53. The number of carbonyl (C=O) groups is 1. The molecule has 2 rings (SSSR count). The molecule has 0 saturated carbocycles. The average Bonchev–Trinajstić information content (AvgIpc) is 2.78. The number of anilines is 1. The van der Waals surface area contributed by atoms with Crippen molar-refractivity contribution in [2.45, 2.75) is 32.9 Å². The summed E-state index contributed by atoms with van der Waals surface area (Å²) in [6.45, 7) is 7.08. The quantitative estimate of drug-likeness (QED) is 0.254. The number of hydrogen-bond acceptors (Lipinski definition) is 9. The monoisotopic (exact) mass is 446 g/mol. The average molecular weight is 447 g/mol. The van der Waals surface area contributed by atoms with Gasteiger partial charge in [0.15, 0.2) is 5.82 Å². The van der Waals surface area contributed by atoms with Crippen LogP contribution in [0.5, 0.6) is 5.75 Å². The Bertz CT molecular complexity index is 805. The molecule has 32 heavy (non-hydrogen) atoms. The van der Waals surface area contributed by atoms with Crippen molar-refractivity contribution < 1.29 is 19.4 Å². The number of aliphatic hydroxyl groups excluding tert-OH is 1. The number of benzene rings is 1. The molecule has 0 aliphatic rings. The van der Waals surface area contributed by atoms with Crippen LogP contribution in [0.2, 0.25) is 0 Å². The molecule has 0 fully saturated rings. The molecule has 0 aliphatic heterocycles. The molecular weight excluding hydrogens is 412 g/mol. The van der Waals surface area contributed by atoms with Crippen LogP contribution in [0.15, 0.2) is 36.4 Å². The zero-order chi connectivity index (χ0) is 23.2. The van der Waals surface area contributed by atoms with Crippen LogP contribution in [-0.2, 0) is 11.3 Å². The summed E-state index contributed by atoms with van der Waals surface area (Å²) < 4.78 is 10.4. The highest BCUT2D eigenvalue weighted by atomic mass is 16.5. The Hall–Kier alpha value is -2.95. The fraction of sp³-hybridized carbons (Fsp3) is 0.500. The molecule has 2 aromatic rings. The van der Waals surface area contributed by atoms with Gasteiger partial charge in [0.1, 0.15) is 18.5 Å². The van der Waals surface area contributed by atoms with Crippen molar-refractivity contribution in [1.29, 1.82) is 0 Å². The van der Waals surface area contributed by atoms with Gasteiger partial charge in [-0.2, -0.15) is 5.10 Å². The summed E-state index contributed by atoms with van der Waals surface area (Å²) in [5.41, 5.74) is 6.84. The normalized spacial score (nSPS) is 11.8. The lowest BCUT2D eigenvalue weighted by molar-refractivity contribution is 0.0758. The number of nitrogens with one attached hydrogen (secondary N) is 3. The van der Waals surface area contributed by atoms with Gasteiger partial charge in [0.05, 0.1) is 12.3 Å². The summed E-state index contributed by atoms with van der Waals surface area (Å²) in [7, 11) is 1.98. The zero-order valence-electron chi connectivity index (χ0n) is 19.0. The molecule has 1 aromatic heterocycles. The van der Waals surface area contributed by atoms with Gasteiger partial charge in [-0.25, -0.2) is 10.2 Å². The van der Waals surface area contributed by atoms with E-state index >= 15 is 0 Å². The van der Waals surface area contributed by atoms with Gasteiger partial charge in [-0.1, -0.05) is 18.2 Å². The predicted octanol–water partition coefficient (Wildman–Crippen LogP) is 1.71. The second-order valence-electron chi connectivity index (χ2n) is 7.40. The highest BCUT2D eigenvalue weighted by molar-refractivity contribution is 5.68. The van der Waals surface area contributed by atoms with Crippen LogP contribution >= 0.6 is 0 Å². The van der Waals surface area contributed by atoms with Crippen molar-refractivity contribution in [3.05, 3.63) is 47.7 Å². The molecule has 10 nitrogen and oxygen atoms in total. The number of rotatable bonds is 14. The molecule has 4 N–H and O–H groups in total. The molecule has 1 amide bonds. The van der Waals surface area contributed by atoms with Crippen LogP contribution in [0.25, 0.3) is 0 Å².